The van der Waals surface area contributed by atoms with Crippen molar-refractivity contribution >= 4 is 22.8 Å². The molecule has 33 heavy (non-hydrogen) atoms. The van der Waals surface area contributed by atoms with Crippen molar-refractivity contribution in [3.05, 3.63) is 66.0 Å². The molecule has 4 rings (SSSR count). The van der Waals surface area contributed by atoms with E-state index in [1.807, 2.05) is 0 Å². The van der Waals surface area contributed by atoms with E-state index in [4.69, 9.17) is 4.74 Å². The Labute approximate surface area is 182 Å². The molecule has 0 saturated carbocycles. The van der Waals surface area contributed by atoms with Crippen LogP contribution in [-0.2, 0) is 6.18 Å². The van der Waals surface area contributed by atoms with Crippen molar-refractivity contribution < 1.29 is 31.5 Å². The number of amides is 1. The van der Waals surface area contributed by atoms with Gasteiger partial charge in [-0.3, -0.25) is 14.3 Å². The lowest BCUT2D eigenvalue weighted by Crippen LogP contribution is -2.18. The lowest BCUT2D eigenvalue weighted by atomic mass is 10.2. The highest BCUT2D eigenvalue weighted by atomic mass is 19.4. The van der Waals surface area contributed by atoms with Crippen LogP contribution in [0.1, 0.15) is 23.1 Å². The molecule has 1 N–H and O–H groups in total. The number of anilines is 1. The van der Waals surface area contributed by atoms with Gasteiger partial charge in [0.2, 0.25) is 5.82 Å². The molecule has 3 aromatic heterocycles. The molecule has 0 fully saturated rings. The van der Waals surface area contributed by atoms with Crippen molar-refractivity contribution in [3.8, 4) is 11.6 Å². The maximum Gasteiger partial charge on any atom is 0.450 e. The Morgan fingerprint density at radius 3 is 2.42 bits per heavy atom. The predicted molar refractivity (Wildman–Crippen MR) is 105 cm³/mol. The average Bonchev–Trinajstić information content (AvgIpc) is 3.14. The minimum Gasteiger partial charge on any atom is -0.494 e. The fourth-order valence-electron chi connectivity index (χ4n) is 3.05. The molecular formula is C20H13F5N6O2. The summed E-state index contributed by atoms with van der Waals surface area (Å²) in [7, 11) is 0. The number of imidazole rings is 1. The number of aromatic nitrogens is 5. The highest BCUT2D eigenvalue weighted by Gasteiger charge is 2.38. The second-order valence-electron chi connectivity index (χ2n) is 6.54. The minimum atomic E-state index is -4.81. The van der Waals surface area contributed by atoms with E-state index in [2.05, 4.69) is 25.3 Å². The highest BCUT2D eigenvalue weighted by Crippen LogP contribution is 2.34. The number of carbonyl (C=O) groups is 1. The standard InChI is InChI=1S/C20H13F5N6O2/c1-2-33-10-3-4-14-13(5-10)29-19(20(23,24)25)31(14)16-9-27-15(8-28-16)30-18(32)17-11(21)6-26-7-12(17)22/h3-9H,2H2,1H3,(H,27,30,32). The number of carbonyl (C=O) groups excluding carboxylic acids is 1. The highest BCUT2D eigenvalue weighted by molar-refractivity contribution is 6.04. The Balaban J connectivity index is 1.70. The molecule has 0 aliphatic rings. The van der Waals surface area contributed by atoms with Gasteiger partial charge in [-0.1, -0.05) is 0 Å². The second-order valence-corrected chi connectivity index (χ2v) is 6.54. The van der Waals surface area contributed by atoms with Gasteiger partial charge in [0.25, 0.3) is 5.91 Å². The largest absolute Gasteiger partial charge is 0.494 e. The number of ether oxygens (including phenoxy) is 1. The molecule has 0 aliphatic carbocycles. The third kappa shape index (κ3) is 4.29. The maximum absolute atomic E-state index is 13.7. The summed E-state index contributed by atoms with van der Waals surface area (Å²) in [4.78, 5) is 26.8. The van der Waals surface area contributed by atoms with Crippen LogP contribution in [0.2, 0.25) is 0 Å². The molecule has 0 aliphatic heterocycles. The minimum absolute atomic E-state index is 0.0242. The summed E-state index contributed by atoms with van der Waals surface area (Å²) in [6, 6.07) is 4.25. The molecule has 0 unspecified atom stereocenters. The number of hydrogen-bond donors (Lipinski definition) is 1. The van der Waals surface area contributed by atoms with Crippen LogP contribution in [0.25, 0.3) is 16.9 Å². The summed E-state index contributed by atoms with van der Waals surface area (Å²) in [5.41, 5.74) is -0.769. The maximum atomic E-state index is 13.7. The number of hydrogen-bond acceptors (Lipinski definition) is 6. The van der Waals surface area contributed by atoms with Crippen molar-refractivity contribution in [2.45, 2.75) is 13.1 Å². The smallest absolute Gasteiger partial charge is 0.450 e. The number of rotatable bonds is 5. The van der Waals surface area contributed by atoms with Crippen LogP contribution in [-0.4, -0.2) is 37.0 Å². The fraction of sp³-hybridized carbons (Fsp3) is 0.150. The molecule has 13 heteroatoms. The quantitative estimate of drug-likeness (QED) is 0.446. The summed E-state index contributed by atoms with van der Waals surface area (Å²) in [5, 5.41) is 2.13. The van der Waals surface area contributed by atoms with Gasteiger partial charge in [0.1, 0.15) is 11.3 Å². The molecule has 0 bridgehead atoms. The number of pyridine rings is 1. The number of alkyl halides is 3. The van der Waals surface area contributed by atoms with Gasteiger partial charge in [0.15, 0.2) is 23.3 Å². The van der Waals surface area contributed by atoms with E-state index in [9.17, 15) is 26.7 Å². The monoisotopic (exact) mass is 464 g/mol. The third-order valence-corrected chi connectivity index (χ3v) is 4.38. The first-order chi connectivity index (χ1) is 15.7. The molecule has 0 spiro atoms. The average molecular weight is 464 g/mol. The van der Waals surface area contributed by atoms with Crippen LogP contribution in [0, 0.1) is 11.6 Å². The molecule has 1 aromatic carbocycles. The third-order valence-electron chi connectivity index (χ3n) is 4.38. The Kier molecular flexibility index (Phi) is 5.62. The van der Waals surface area contributed by atoms with Crippen molar-refractivity contribution in [3.63, 3.8) is 0 Å². The van der Waals surface area contributed by atoms with Crippen molar-refractivity contribution in [1.82, 2.24) is 24.5 Å². The Bertz CT molecular complexity index is 1320. The topological polar surface area (TPSA) is 94.8 Å². The van der Waals surface area contributed by atoms with Crippen LogP contribution in [0.4, 0.5) is 27.8 Å². The van der Waals surface area contributed by atoms with Gasteiger partial charge in [0, 0.05) is 6.07 Å². The van der Waals surface area contributed by atoms with E-state index < -0.39 is 35.1 Å². The predicted octanol–water partition coefficient (Wildman–Crippen LogP) is 4.16. The lowest BCUT2D eigenvalue weighted by molar-refractivity contribution is -0.145. The van der Waals surface area contributed by atoms with E-state index in [1.165, 1.54) is 18.2 Å². The first-order valence-corrected chi connectivity index (χ1v) is 9.34. The van der Waals surface area contributed by atoms with Gasteiger partial charge < -0.3 is 10.1 Å². The van der Waals surface area contributed by atoms with Gasteiger partial charge in [-0.2, -0.15) is 13.2 Å². The van der Waals surface area contributed by atoms with Crippen LogP contribution < -0.4 is 10.1 Å². The molecule has 1 amide bonds. The van der Waals surface area contributed by atoms with Gasteiger partial charge >= 0.3 is 6.18 Å². The number of fused-ring (bicyclic) bond motifs is 1. The number of halogens is 5. The van der Waals surface area contributed by atoms with Crippen LogP contribution in [0.5, 0.6) is 5.75 Å². The first-order valence-electron chi connectivity index (χ1n) is 9.34. The summed E-state index contributed by atoms with van der Waals surface area (Å²) >= 11 is 0. The van der Waals surface area contributed by atoms with E-state index in [0.29, 0.717) is 24.8 Å². The molecule has 8 nitrogen and oxygen atoms in total. The van der Waals surface area contributed by atoms with Crippen LogP contribution >= 0.6 is 0 Å². The SMILES string of the molecule is CCOc1ccc2c(c1)nc(C(F)(F)F)n2-c1cnc(NC(=O)c2c(F)cncc2F)cn1. The van der Waals surface area contributed by atoms with E-state index >= 15 is 0 Å². The first kappa shape index (κ1) is 22.0. The van der Waals surface area contributed by atoms with Crippen molar-refractivity contribution in [2.24, 2.45) is 0 Å². The van der Waals surface area contributed by atoms with Gasteiger partial charge in [0.05, 0.1) is 42.4 Å². The number of nitrogens with one attached hydrogen (secondary N) is 1. The summed E-state index contributed by atoms with van der Waals surface area (Å²) in [6.07, 6.45) is -1.58. The molecule has 4 aromatic rings. The van der Waals surface area contributed by atoms with Gasteiger partial charge in [-0.15, -0.1) is 0 Å². The molecule has 0 saturated heterocycles. The summed E-state index contributed by atoms with van der Waals surface area (Å²) in [5.74, 6) is -4.92. The molecule has 0 radical (unpaired) electrons. The second kappa shape index (κ2) is 8.41. The fourth-order valence-corrected chi connectivity index (χ4v) is 3.05. The zero-order valence-corrected chi connectivity index (χ0v) is 16.7. The lowest BCUT2D eigenvalue weighted by Gasteiger charge is -2.11. The zero-order chi connectivity index (χ0) is 23.8. The summed E-state index contributed by atoms with van der Waals surface area (Å²) < 4.78 is 74.4. The van der Waals surface area contributed by atoms with Crippen molar-refractivity contribution in [1.29, 1.82) is 0 Å². The van der Waals surface area contributed by atoms with E-state index in [0.717, 1.165) is 17.0 Å². The normalized spacial score (nSPS) is 11.6. The van der Waals surface area contributed by atoms with Gasteiger partial charge in [-0.25, -0.2) is 23.7 Å². The van der Waals surface area contributed by atoms with Gasteiger partial charge in [-0.05, 0) is 19.1 Å². The van der Waals surface area contributed by atoms with Crippen LogP contribution in [0.15, 0.2) is 43.0 Å². The molecule has 3 heterocycles. The Morgan fingerprint density at radius 2 is 1.82 bits per heavy atom. The summed E-state index contributed by atoms with van der Waals surface area (Å²) in [6.45, 7) is 2.06. The van der Waals surface area contributed by atoms with Crippen LogP contribution in [0.3, 0.4) is 0 Å². The Hall–Kier alpha value is -4.16. The number of nitrogens with zero attached hydrogens (tertiary/aromatic N) is 5. The number of benzene rings is 1. The zero-order valence-electron chi connectivity index (χ0n) is 16.7. The van der Waals surface area contributed by atoms with E-state index in [-0.39, 0.29) is 22.7 Å². The molecule has 170 valence electrons. The van der Waals surface area contributed by atoms with E-state index in [1.54, 1.807) is 6.92 Å². The Morgan fingerprint density at radius 1 is 1.09 bits per heavy atom. The molecular weight excluding hydrogens is 451 g/mol. The van der Waals surface area contributed by atoms with Crippen molar-refractivity contribution in [2.75, 3.05) is 11.9 Å². The molecule has 0 atom stereocenters.